The van der Waals surface area contributed by atoms with Gasteiger partial charge in [0.25, 0.3) is 11.5 Å². The maximum atomic E-state index is 14.1. The van der Waals surface area contributed by atoms with Crippen molar-refractivity contribution in [3.05, 3.63) is 111 Å². The van der Waals surface area contributed by atoms with Crippen molar-refractivity contribution >= 4 is 22.6 Å². The van der Waals surface area contributed by atoms with Crippen LogP contribution in [-0.2, 0) is 18.3 Å². The van der Waals surface area contributed by atoms with Crippen LogP contribution in [0.2, 0.25) is 0 Å². The number of benzene rings is 3. The van der Waals surface area contributed by atoms with Crippen LogP contribution in [0.3, 0.4) is 0 Å². The second-order valence-corrected chi connectivity index (χ2v) is 9.66. The third-order valence-corrected chi connectivity index (χ3v) is 6.85. The molecular weight excluding hydrogens is 532 g/mol. The fourth-order valence-corrected chi connectivity index (χ4v) is 4.95. The van der Waals surface area contributed by atoms with Gasteiger partial charge in [-0.05, 0) is 53.9 Å². The Labute approximate surface area is 232 Å². The Morgan fingerprint density at radius 1 is 1.00 bits per heavy atom. The predicted molar refractivity (Wildman–Crippen MR) is 148 cm³/mol. The zero-order valence-electron chi connectivity index (χ0n) is 22.4. The predicted octanol–water partition coefficient (Wildman–Crippen LogP) is 4.11. The highest BCUT2D eigenvalue weighted by atomic mass is 19.1. The molecule has 0 aliphatic rings. The summed E-state index contributed by atoms with van der Waals surface area (Å²) in [5.41, 5.74) is 2.34. The van der Waals surface area contributed by atoms with Gasteiger partial charge in [-0.1, -0.05) is 42.5 Å². The van der Waals surface area contributed by atoms with E-state index in [0.717, 1.165) is 29.6 Å². The van der Waals surface area contributed by atoms with Crippen LogP contribution in [0.25, 0.3) is 27.6 Å². The molecule has 0 unspecified atom stereocenters. The zero-order valence-corrected chi connectivity index (χ0v) is 22.4. The summed E-state index contributed by atoms with van der Waals surface area (Å²) in [5, 5.41) is 22.1. The number of hydrogen-bond acceptors (Lipinski definition) is 5. The molecule has 1 atom stereocenters. The average molecular weight is 558 g/mol. The largest absolute Gasteiger partial charge is 0.480 e. The summed E-state index contributed by atoms with van der Waals surface area (Å²) in [6, 6.07) is 13.9. The Hall–Kier alpha value is -5.19. The second-order valence-electron chi connectivity index (χ2n) is 9.66. The first-order valence-corrected chi connectivity index (χ1v) is 12.7. The number of fused-ring (bicyclic) bond motifs is 1. The zero-order chi connectivity index (χ0) is 29.4. The summed E-state index contributed by atoms with van der Waals surface area (Å²) >= 11 is 0. The van der Waals surface area contributed by atoms with Crippen LogP contribution in [-0.4, -0.2) is 42.6 Å². The smallest absolute Gasteiger partial charge is 0.326 e. The number of carboxylic acids is 1. The van der Waals surface area contributed by atoms with E-state index in [4.69, 9.17) is 0 Å². The molecule has 0 spiro atoms. The molecule has 0 aliphatic heterocycles. The lowest BCUT2D eigenvalue weighted by atomic mass is 9.93. The standard InChI is InChI=1S/C30H25F2N5O4/c1-16-13-17(2)37(35-16)25-15-33-36(3)29(39)26(25)21-10-5-8-19-18(7-4-9-20(19)21)14-24(30(40)41)34-28(38)27-22(31)11-6-12-23(27)32/h4-13,15,24H,14H2,1-3H3,(H,34,38)(H,40,41)/t24-/m0/s1. The molecule has 2 heterocycles. The van der Waals surface area contributed by atoms with E-state index in [1.54, 1.807) is 48.3 Å². The van der Waals surface area contributed by atoms with E-state index in [2.05, 4.69) is 15.5 Å². The molecule has 0 saturated carbocycles. The third kappa shape index (κ3) is 5.09. The molecule has 3 aromatic carbocycles. The molecule has 11 heteroatoms. The summed E-state index contributed by atoms with van der Waals surface area (Å²) in [4.78, 5) is 38.2. The van der Waals surface area contributed by atoms with Gasteiger partial charge in [-0.15, -0.1) is 0 Å². The van der Waals surface area contributed by atoms with Gasteiger partial charge >= 0.3 is 5.97 Å². The fraction of sp³-hybridized carbons (Fsp3) is 0.167. The number of carboxylic acid groups (broad SMARTS) is 1. The molecule has 5 aromatic rings. The Morgan fingerprint density at radius 3 is 2.32 bits per heavy atom. The van der Waals surface area contributed by atoms with Crippen molar-refractivity contribution < 1.29 is 23.5 Å². The quantitative estimate of drug-likeness (QED) is 0.311. The first-order chi connectivity index (χ1) is 19.6. The number of rotatable bonds is 7. The minimum absolute atomic E-state index is 0.184. The molecule has 41 heavy (non-hydrogen) atoms. The van der Waals surface area contributed by atoms with E-state index in [0.29, 0.717) is 33.2 Å². The van der Waals surface area contributed by atoms with E-state index in [1.807, 2.05) is 26.0 Å². The molecule has 208 valence electrons. The Balaban J connectivity index is 1.60. The molecule has 9 nitrogen and oxygen atoms in total. The van der Waals surface area contributed by atoms with Gasteiger partial charge in [-0.3, -0.25) is 9.59 Å². The van der Waals surface area contributed by atoms with Gasteiger partial charge in [0.1, 0.15) is 23.2 Å². The number of aromatic nitrogens is 4. The first kappa shape index (κ1) is 27.4. The highest BCUT2D eigenvalue weighted by Gasteiger charge is 2.26. The fourth-order valence-electron chi connectivity index (χ4n) is 4.95. The number of aryl methyl sites for hydroxylation is 3. The normalized spacial score (nSPS) is 11.9. The third-order valence-electron chi connectivity index (χ3n) is 6.85. The van der Waals surface area contributed by atoms with Crippen molar-refractivity contribution in [2.75, 3.05) is 0 Å². The first-order valence-electron chi connectivity index (χ1n) is 12.7. The van der Waals surface area contributed by atoms with Crippen LogP contribution in [0.4, 0.5) is 8.78 Å². The highest BCUT2D eigenvalue weighted by molar-refractivity contribution is 6.00. The Morgan fingerprint density at radius 2 is 1.66 bits per heavy atom. The average Bonchev–Trinajstić information content (AvgIpc) is 3.26. The van der Waals surface area contributed by atoms with Crippen LogP contribution in [0.15, 0.2) is 71.7 Å². The van der Waals surface area contributed by atoms with Crippen molar-refractivity contribution in [2.45, 2.75) is 26.3 Å². The molecule has 0 saturated heterocycles. The maximum absolute atomic E-state index is 14.1. The summed E-state index contributed by atoms with van der Waals surface area (Å²) in [5.74, 6) is -4.75. The van der Waals surface area contributed by atoms with Gasteiger partial charge in [-0.25, -0.2) is 22.9 Å². The van der Waals surface area contributed by atoms with E-state index in [1.165, 1.54) is 4.68 Å². The summed E-state index contributed by atoms with van der Waals surface area (Å²) in [6.45, 7) is 3.72. The monoisotopic (exact) mass is 557 g/mol. The number of nitrogens with zero attached hydrogens (tertiary/aromatic N) is 4. The van der Waals surface area contributed by atoms with E-state index >= 15 is 0 Å². The molecule has 2 N–H and O–H groups in total. The van der Waals surface area contributed by atoms with Gasteiger partial charge in [0.15, 0.2) is 0 Å². The number of halogens is 2. The lowest BCUT2D eigenvalue weighted by Crippen LogP contribution is -2.43. The van der Waals surface area contributed by atoms with E-state index < -0.39 is 35.1 Å². The van der Waals surface area contributed by atoms with Crippen LogP contribution >= 0.6 is 0 Å². The highest BCUT2D eigenvalue weighted by Crippen LogP contribution is 2.32. The van der Waals surface area contributed by atoms with Crippen molar-refractivity contribution in [1.82, 2.24) is 24.9 Å². The number of carbonyl (C=O) groups is 2. The number of aliphatic carboxylic acids is 1. The molecule has 1 amide bonds. The topological polar surface area (TPSA) is 119 Å². The van der Waals surface area contributed by atoms with Crippen LogP contribution < -0.4 is 10.9 Å². The molecule has 2 aromatic heterocycles. The lowest BCUT2D eigenvalue weighted by molar-refractivity contribution is -0.139. The van der Waals surface area contributed by atoms with Crippen molar-refractivity contribution in [3.8, 4) is 16.8 Å². The van der Waals surface area contributed by atoms with E-state index in [-0.39, 0.29) is 12.0 Å². The van der Waals surface area contributed by atoms with Crippen LogP contribution in [0, 0.1) is 25.5 Å². The van der Waals surface area contributed by atoms with Gasteiger partial charge in [-0.2, -0.15) is 10.2 Å². The van der Waals surface area contributed by atoms with Gasteiger partial charge < -0.3 is 10.4 Å². The van der Waals surface area contributed by atoms with Crippen LogP contribution in [0.5, 0.6) is 0 Å². The van der Waals surface area contributed by atoms with Crippen molar-refractivity contribution in [2.24, 2.45) is 7.05 Å². The summed E-state index contributed by atoms with van der Waals surface area (Å²) in [7, 11) is 1.55. The number of nitrogens with one attached hydrogen (secondary N) is 1. The minimum Gasteiger partial charge on any atom is -0.480 e. The van der Waals surface area contributed by atoms with Gasteiger partial charge in [0.05, 0.1) is 23.1 Å². The lowest BCUT2D eigenvalue weighted by Gasteiger charge is -2.18. The number of hydrogen-bond donors (Lipinski definition) is 2. The molecule has 0 aliphatic carbocycles. The van der Waals surface area contributed by atoms with Gasteiger partial charge in [0.2, 0.25) is 0 Å². The van der Waals surface area contributed by atoms with Crippen molar-refractivity contribution in [1.29, 1.82) is 0 Å². The number of amides is 1. The van der Waals surface area contributed by atoms with Crippen molar-refractivity contribution in [3.63, 3.8) is 0 Å². The molecule has 5 rings (SSSR count). The summed E-state index contributed by atoms with van der Waals surface area (Å²) < 4.78 is 31.2. The van der Waals surface area contributed by atoms with E-state index in [9.17, 15) is 28.3 Å². The second kappa shape index (κ2) is 10.8. The SMILES string of the molecule is Cc1cc(C)n(-c2cnn(C)c(=O)c2-c2cccc3c(C[C@H](NC(=O)c4c(F)cccc4F)C(=O)O)cccc23)n1. The number of carbonyl (C=O) groups excluding carboxylic acids is 1. The molecule has 0 fully saturated rings. The molecule has 0 bridgehead atoms. The maximum Gasteiger partial charge on any atom is 0.326 e. The minimum atomic E-state index is -1.49. The van der Waals surface area contributed by atoms with Gasteiger partial charge in [0, 0.05) is 19.2 Å². The Bertz CT molecular complexity index is 1880. The molecular formula is C30H25F2N5O4. The Kier molecular flexibility index (Phi) is 7.19. The summed E-state index contributed by atoms with van der Waals surface area (Å²) in [6.07, 6.45) is 1.38. The molecule has 0 radical (unpaired) electrons. The van der Waals surface area contributed by atoms with Crippen LogP contribution in [0.1, 0.15) is 27.3 Å².